The van der Waals surface area contributed by atoms with Crippen molar-refractivity contribution in [3.8, 4) is 0 Å². The Balaban J connectivity index is 1.38. The van der Waals surface area contributed by atoms with Gasteiger partial charge in [-0.3, -0.25) is 4.79 Å². The van der Waals surface area contributed by atoms with Crippen molar-refractivity contribution in [2.75, 3.05) is 0 Å². The Labute approximate surface area is 277 Å². The molecule has 3 amide bonds. The second kappa shape index (κ2) is 15.3. The van der Waals surface area contributed by atoms with E-state index in [1.165, 1.54) is 6.42 Å². The van der Waals surface area contributed by atoms with Gasteiger partial charge in [0.2, 0.25) is 5.91 Å². The fourth-order valence-electron chi connectivity index (χ4n) is 6.54. The zero-order valence-electron chi connectivity index (χ0n) is 28.1. The first-order chi connectivity index (χ1) is 22.6. The SMILES string of the molecule is Cc1[nH]c([C@@H](Cc2cn(C)c3ccccc23)NC(=O)[C@H](CC(C)C)NC(=O)N[C@H]2CCCCC2C)nc1C(=O)OCc1ccccc1. The van der Waals surface area contributed by atoms with Gasteiger partial charge < -0.3 is 30.2 Å². The molecule has 0 bridgehead atoms. The summed E-state index contributed by atoms with van der Waals surface area (Å²) in [4.78, 5) is 48.2. The second-order valence-electron chi connectivity index (χ2n) is 13.4. The van der Waals surface area contributed by atoms with Crippen molar-refractivity contribution in [3.05, 3.63) is 89.1 Å². The first-order valence-electron chi connectivity index (χ1n) is 16.8. The third kappa shape index (κ3) is 8.61. The number of carbonyl (C=O) groups excluding carboxylic acids is 3. The van der Waals surface area contributed by atoms with Crippen molar-refractivity contribution in [1.82, 2.24) is 30.5 Å². The number of aromatic nitrogens is 3. The zero-order valence-corrected chi connectivity index (χ0v) is 28.1. The largest absolute Gasteiger partial charge is 0.456 e. The van der Waals surface area contributed by atoms with Crippen LogP contribution in [-0.4, -0.2) is 44.5 Å². The van der Waals surface area contributed by atoms with Gasteiger partial charge in [0.25, 0.3) is 0 Å². The molecule has 1 aliphatic rings. The van der Waals surface area contributed by atoms with Gasteiger partial charge in [-0.15, -0.1) is 0 Å². The molecule has 2 heterocycles. The summed E-state index contributed by atoms with van der Waals surface area (Å²) < 4.78 is 7.64. The van der Waals surface area contributed by atoms with Gasteiger partial charge in [-0.2, -0.15) is 0 Å². The van der Waals surface area contributed by atoms with Crippen molar-refractivity contribution >= 4 is 28.8 Å². The third-order valence-electron chi connectivity index (χ3n) is 9.12. The van der Waals surface area contributed by atoms with Gasteiger partial charge in [0.15, 0.2) is 5.69 Å². The molecular weight excluding hydrogens is 592 g/mol. The number of para-hydroxylation sites is 1. The first-order valence-corrected chi connectivity index (χ1v) is 16.8. The van der Waals surface area contributed by atoms with E-state index >= 15 is 0 Å². The van der Waals surface area contributed by atoms with Crippen molar-refractivity contribution < 1.29 is 19.1 Å². The van der Waals surface area contributed by atoms with Crippen LogP contribution in [0.2, 0.25) is 0 Å². The number of rotatable bonds is 12. The number of esters is 1. The number of amides is 3. The molecule has 0 saturated heterocycles. The van der Waals surface area contributed by atoms with E-state index in [0.29, 0.717) is 30.3 Å². The Bertz CT molecular complexity index is 1680. The van der Waals surface area contributed by atoms with Crippen molar-refractivity contribution in [2.45, 2.75) is 91.0 Å². The topological polar surface area (TPSA) is 130 Å². The van der Waals surface area contributed by atoms with Gasteiger partial charge >= 0.3 is 12.0 Å². The predicted octanol–water partition coefficient (Wildman–Crippen LogP) is 6.26. The summed E-state index contributed by atoms with van der Waals surface area (Å²) in [6, 6.07) is 16.0. The van der Waals surface area contributed by atoms with E-state index < -0.39 is 18.1 Å². The van der Waals surface area contributed by atoms with Crippen LogP contribution in [0.5, 0.6) is 0 Å². The molecule has 4 atom stereocenters. The van der Waals surface area contributed by atoms with Crippen LogP contribution in [0.4, 0.5) is 4.79 Å². The summed E-state index contributed by atoms with van der Waals surface area (Å²) in [7, 11) is 1.99. The summed E-state index contributed by atoms with van der Waals surface area (Å²) in [5.74, 6) is 0.148. The fourth-order valence-corrected chi connectivity index (χ4v) is 6.54. The summed E-state index contributed by atoms with van der Waals surface area (Å²) in [6.07, 6.45) is 7.23. The van der Waals surface area contributed by atoms with E-state index in [9.17, 15) is 14.4 Å². The molecule has 1 unspecified atom stereocenters. The minimum Gasteiger partial charge on any atom is -0.456 e. The third-order valence-corrected chi connectivity index (χ3v) is 9.12. The number of H-pyrrole nitrogens is 1. The van der Waals surface area contributed by atoms with Crippen LogP contribution in [0.1, 0.15) is 92.1 Å². The van der Waals surface area contributed by atoms with Crippen LogP contribution in [0.3, 0.4) is 0 Å². The van der Waals surface area contributed by atoms with Gasteiger partial charge in [0.05, 0.1) is 6.04 Å². The van der Waals surface area contributed by atoms with E-state index in [1.54, 1.807) is 6.92 Å². The molecule has 5 rings (SSSR count). The smallest absolute Gasteiger partial charge is 0.359 e. The van der Waals surface area contributed by atoms with Crippen molar-refractivity contribution in [3.63, 3.8) is 0 Å². The summed E-state index contributed by atoms with van der Waals surface area (Å²) in [5, 5.41) is 10.3. The maximum Gasteiger partial charge on any atom is 0.359 e. The predicted molar refractivity (Wildman–Crippen MR) is 183 cm³/mol. The molecule has 0 aliphatic heterocycles. The molecule has 1 fully saturated rings. The normalized spacial score (nSPS) is 17.7. The Hall–Kier alpha value is -4.60. The van der Waals surface area contributed by atoms with Crippen LogP contribution < -0.4 is 16.0 Å². The highest BCUT2D eigenvalue weighted by Crippen LogP contribution is 2.27. The van der Waals surface area contributed by atoms with Crippen molar-refractivity contribution in [1.29, 1.82) is 0 Å². The Kier molecular flexibility index (Phi) is 11.0. The number of aromatic amines is 1. The lowest BCUT2D eigenvalue weighted by molar-refractivity contribution is -0.124. The number of benzene rings is 2. The van der Waals surface area contributed by atoms with Crippen LogP contribution >= 0.6 is 0 Å². The molecule has 2 aromatic heterocycles. The van der Waals surface area contributed by atoms with Gasteiger partial charge in [0.1, 0.15) is 18.5 Å². The first kappa shape index (κ1) is 33.8. The molecular formula is C37H48N6O4. The Morgan fingerprint density at radius 3 is 2.49 bits per heavy atom. The lowest BCUT2D eigenvalue weighted by Gasteiger charge is -2.30. The maximum absolute atomic E-state index is 14.0. The second-order valence-corrected chi connectivity index (χ2v) is 13.4. The number of ether oxygens (including phenoxy) is 1. The van der Waals surface area contributed by atoms with Crippen molar-refractivity contribution in [2.24, 2.45) is 18.9 Å². The highest BCUT2D eigenvalue weighted by atomic mass is 16.5. The van der Waals surface area contributed by atoms with Crippen LogP contribution in [0.25, 0.3) is 10.9 Å². The summed E-state index contributed by atoms with van der Waals surface area (Å²) in [5.41, 5.74) is 3.69. The van der Waals surface area contributed by atoms with E-state index in [-0.39, 0.29) is 36.2 Å². The quantitative estimate of drug-likeness (QED) is 0.136. The number of fused-ring (bicyclic) bond motifs is 1. The lowest BCUT2D eigenvalue weighted by atomic mass is 9.86. The summed E-state index contributed by atoms with van der Waals surface area (Å²) >= 11 is 0. The average Bonchev–Trinajstić information content (AvgIpc) is 3.59. The highest BCUT2D eigenvalue weighted by molar-refractivity contribution is 5.89. The molecule has 4 N–H and O–H groups in total. The minimum atomic E-state index is -0.754. The Morgan fingerprint density at radius 2 is 1.74 bits per heavy atom. The number of aryl methyl sites for hydroxylation is 2. The number of carbonyl (C=O) groups is 3. The number of nitrogens with zero attached hydrogens (tertiary/aromatic N) is 2. The van der Waals surface area contributed by atoms with Gasteiger partial charge in [-0.05, 0) is 55.2 Å². The van der Waals surface area contributed by atoms with Crippen LogP contribution in [-0.2, 0) is 29.6 Å². The molecule has 10 nitrogen and oxygen atoms in total. The van der Waals surface area contributed by atoms with E-state index in [4.69, 9.17) is 4.74 Å². The molecule has 4 aromatic rings. The lowest BCUT2D eigenvalue weighted by Crippen LogP contribution is -2.54. The van der Waals surface area contributed by atoms with Crippen LogP contribution in [0.15, 0.2) is 60.8 Å². The molecule has 1 saturated carbocycles. The minimum absolute atomic E-state index is 0.0942. The van der Waals surface area contributed by atoms with Gasteiger partial charge in [0, 0.05) is 42.3 Å². The fraction of sp³-hybridized carbons (Fsp3) is 0.459. The molecule has 0 radical (unpaired) electrons. The number of imidazole rings is 1. The molecule has 0 spiro atoms. The molecule has 10 heteroatoms. The van der Waals surface area contributed by atoms with E-state index in [0.717, 1.165) is 41.3 Å². The highest BCUT2D eigenvalue weighted by Gasteiger charge is 2.30. The zero-order chi connectivity index (χ0) is 33.5. The van der Waals surface area contributed by atoms with Gasteiger partial charge in [-0.1, -0.05) is 82.1 Å². The number of urea groups is 1. The molecule has 47 heavy (non-hydrogen) atoms. The Morgan fingerprint density at radius 1 is 1.02 bits per heavy atom. The summed E-state index contributed by atoms with van der Waals surface area (Å²) in [6.45, 7) is 8.12. The molecule has 2 aromatic carbocycles. The number of nitrogens with one attached hydrogen (secondary N) is 4. The van der Waals surface area contributed by atoms with E-state index in [1.807, 2.05) is 63.4 Å². The van der Waals surface area contributed by atoms with E-state index in [2.05, 4.69) is 55.7 Å². The van der Waals surface area contributed by atoms with Crippen LogP contribution in [0, 0.1) is 18.8 Å². The molecule has 250 valence electrons. The monoisotopic (exact) mass is 640 g/mol. The number of hydrogen-bond acceptors (Lipinski definition) is 5. The maximum atomic E-state index is 14.0. The number of hydrogen-bond donors (Lipinski definition) is 4. The van der Waals surface area contributed by atoms with Gasteiger partial charge in [-0.25, -0.2) is 14.6 Å². The average molecular weight is 641 g/mol. The molecule has 1 aliphatic carbocycles. The standard InChI is InChI=1S/C37H48N6O4/c1-23(2)19-31(41-37(46)40-29-17-11-9-13-24(29)3)35(44)39-30(20-27-21-43(5)32-18-12-10-16-28(27)32)34-38-25(4)33(42-34)36(45)47-22-26-14-7-6-8-15-26/h6-8,10,12,14-16,18,21,23-24,29-31H,9,11,13,17,19-20,22H2,1-5H3,(H,38,42)(H,39,44)(H2,40,41,46)/t24?,29-,30+,31-/m0/s1.